The molecule has 0 aliphatic carbocycles. The van der Waals surface area contributed by atoms with Gasteiger partial charge in [-0.15, -0.1) is 0 Å². The Bertz CT molecular complexity index is 1600. The molecule has 2 heterocycles. The molecule has 7 heteroatoms. The second-order valence-electron chi connectivity index (χ2n) is 9.39. The van der Waals surface area contributed by atoms with E-state index < -0.39 is 0 Å². The molecule has 0 radical (unpaired) electrons. The Kier molecular flexibility index (Phi) is 6.82. The van der Waals surface area contributed by atoms with Crippen molar-refractivity contribution in [2.45, 2.75) is 24.9 Å². The van der Waals surface area contributed by atoms with E-state index >= 15 is 0 Å². The van der Waals surface area contributed by atoms with E-state index in [1.54, 1.807) is 12.1 Å². The molecule has 2 amide bonds. The first-order valence-electron chi connectivity index (χ1n) is 12.7. The van der Waals surface area contributed by atoms with E-state index in [1.807, 2.05) is 77.7 Å². The molecule has 1 N–H and O–H groups in total. The van der Waals surface area contributed by atoms with Crippen LogP contribution < -0.4 is 19.7 Å². The van der Waals surface area contributed by atoms with Crippen LogP contribution in [0.2, 0.25) is 0 Å². The first kappa shape index (κ1) is 24.8. The van der Waals surface area contributed by atoms with Gasteiger partial charge in [0.2, 0.25) is 6.79 Å². The van der Waals surface area contributed by atoms with Crippen molar-refractivity contribution in [3.63, 3.8) is 0 Å². The van der Waals surface area contributed by atoms with Crippen LogP contribution in [0.3, 0.4) is 0 Å². The summed E-state index contributed by atoms with van der Waals surface area (Å²) in [6, 6.07) is 29.0. The molecule has 39 heavy (non-hydrogen) atoms. The van der Waals surface area contributed by atoms with Crippen LogP contribution in [-0.2, 0) is 17.9 Å². The van der Waals surface area contributed by atoms with E-state index in [2.05, 4.69) is 24.4 Å². The average molecular weight is 535 g/mol. The zero-order valence-electron chi connectivity index (χ0n) is 21.3. The zero-order valence-corrected chi connectivity index (χ0v) is 22.2. The lowest BCUT2D eigenvalue weighted by atomic mass is 10.1. The van der Waals surface area contributed by atoms with Gasteiger partial charge in [-0.1, -0.05) is 66.4 Å². The Balaban J connectivity index is 1.17. The van der Waals surface area contributed by atoms with Crippen molar-refractivity contribution in [2.75, 3.05) is 11.7 Å². The molecule has 0 fully saturated rings. The van der Waals surface area contributed by atoms with Crippen molar-refractivity contribution < 1.29 is 19.1 Å². The third kappa shape index (κ3) is 5.26. The van der Waals surface area contributed by atoms with Crippen LogP contribution in [0.4, 0.5) is 5.69 Å². The van der Waals surface area contributed by atoms with Gasteiger partial charge in [0.1, 0.15) is 0 Å². The van der Waals surface area contributed by atoms with Crippen molar-refractivity contribution in [2.24, 2.45) is 0 Å². The van der Waals surface area contributed by atoms with Gasteiger partial charge < -0.3 is 19.7 Å². The van der Waals surface area contributed by atoms with Gasteiger partial charge in [0.05, 0.1) is 17.1 Å². The Morgan fingerprint density at radius 3 is 2.56 bits per heavy atom. The Morgan fingerprint density at radius 2 is 1.72 bits per heavy atom. The summed E-state index contributed by atoms with van der Waals surface area (Å²) in [4.78, 5) is 29.9. The summed E-state index contributed by atoms with van der Waals surface area (Å²) in [6.45, 7) is 3.16. The summed E-state index contributed by atoms with van der Waals surface area (Å²) in [5, 5.41) is 2.94. The Hall–Kier alpha value is -4.49. The number of nitrogens with zero attached hydrogens (tertiary/aromatic N) is 1. The molecule has 0 aromatic heterocycles. The van der Waals surface area contributed by atoms with Gasteiger partial charge in [0.25, 0.3) is 11.8 Å². The van der Waals surface area contributed by atoms with E-state index in [1.165, 1.54) is 11.8 Å². The lowest BCUT2D eigenvalue weighted by Gasteiger charge is -2.31. The van der Waals surface area contributed by atoms with E-state index in [0.717, 1.165) is 32.8 Å². The van der Waals surface area contributed by atoms with Gasteiger partial charge in [0, 0.05) is 17.0 Å². The van der Waals surface area contributed by atoms with Crippen molar-refractivity contribution >= 4 is 35.3 Å². The smallest absolute Gasteiger partial charge is 0.265 e. The monoisotopic (exact) mass is 534 g/mol. The fraction of sp³-hybridized carbons (Fsp3) is 0.125. The van der Waals surface area contributed by atoms with E-state index in [-0.39, 0.29) is 18.6 Å². The molecule has 194 valence electrons. The van der Waals surface area contributed by atoms with E-state index in [9.17, 15) is 9.59 Å². The molecule has 0 saturated carbocycles. The lowest BCUT2D eigenvalue weighted by Crippen LogP contribution is -2.33. The number of nitrogens with one attached hydrogen (secondary N) is 1. The Morgan fingerprint density at radius 1 is 0.949 bits per heavy atom. The van der Waals surface area contributed by atoms with Crippen LogP contribution in [-0.4, -0.2) is 18.6 Å². The summed E-state index contributed by atoms with van der Waals surface area (Å²) < 4.78 is 10.7. The van der Waals surface area contributed by atoms with Crippen LogP contribution in [0.25, 0.3) is 6.08 Å². The highest BCUT2D eigenvalue weighted by atomic mass is 32.2. The highest BCUT2D eigenvalue weighted by Gasteiger charge is 2.29. The average Bonchev–Trinajstić information content (AvgIpc) is 3.43. The maximum absolute atomic E-state index is 13.6. The van der Waals surface area contributed by atoms with Gasteiger partial charge in [0.15, 0.2) is 11.5 Å². The largest absolute Gasteiger partial charge is 0.454 e. The van der Waals surface area contributed by atoms with Crippen LogP contribution in [0.15, 0.2) is 101 Å². The molecule has 4 aromatic carbocycles. The number of thioether (sulfide) groups is 1. The summed E-state index contributed by atoms with van der Waals surface area (Å²) in [7, 11) is 0. The molecule has 6 rings (SSSR count). The minimum absolute atomic E-state index is 0.0347. The fourth-order valence-electron chi connectivity index (χ4n) is 4.59. The van der Waals surface area contributed by atoms with Gasteiger partial charge in [-0.25, -0.2) is 0 Å². The van der Waals surface area contributed by atoms with Crippen molar-refractivity contribution in [1.82, 2.24) is 5.32 Å². The number of carbonyl (C=O) groups excluding carboxylic acids is 2. The molecule has 0 saturated heterocycles. The van der Waals surface area contributed by atoms with Gasteiger partial charge >= 0.3 is 0 Å². The highest BCUT2D eigenvalue weighted by Crippen LogP contribution is 2.42. The summed E-state index contributed by atoms with van der Waals surface area (Å²) in [5.41, 5.74) is 5.52. The van der Waals surface area contributed by atoms with Crippen LogP contribution in [0.1, 0.15) is 32.6 Å². The standard InChI is InChI=1S/C32H26N2O4S/c1-21-6-2-3-7-25(21)19-34-26-8-4-5-9-29(26)39-30(32(34)36)17-22-10-13-24(14-11-22)31(35)33-18-23-12-15-27-28(16-23)38-20-37-27/h2-17H,18-20H2,1H3,(H,33,35). The maximum Gasteiger partial charge on any atom is 0.265 e. The quantitative estimate of drug-likeness (QED) is 0.293. The number of para-hydroxylation sites is 1. The molecule has 2 aliphatic rings. The predicted octanol–water partition coefficient (Wildman–Crippen LogP) is 6.33. The number of amides is 2. The van der Waals surface area contributed by atoms with Crippen LogP contribution >= 0.6 is 11.8 Å². The first-order chi connectivity index (χ1) is 19.0. The van der Waals surface area contributed by atoms with Crippen LogP contribution in [0, 0.1) is 6.92 Å². The summed E-state index contributed by atoms with van der Waals surface area (Å²) in [5.74, 6) is 1.20. The van der Waals surface area contributed by atoms with Gasteiger partial charge in [-0.2, -0.15) is 0 Å². The molecule has 0 spiro atoms. The minimum atomic E-state index is -0.173. The van der Waals surface area contributed by atoms with E-state index in [0.29, 0.717) is 35.1 Å². The number of ether oxygens (including phenoxy) is 2. The number of fused-ring (bicyclic) bond motifs is 2. The number of hydrogen-bond donors (Lipinski definition) is 1. The highest BCUT2D eigenvalue weighted by molar-refractivity contribution is 8.04. The van der Waals surface area contributed by atoms with E-state index in [4.69, 9.17) is 9.47 Å². The molecular weight excluding hydrogens is 508 g/mol. The second-order valence-corrected chi connectivity index (χ2v) is 10.5. The number of hydrogen-bond acceptors (Lipinski definition) is 5. The minimum Gasteiger partial charge on any atom is -0.454 e. The number of benzene rings is 4. The normalized spacial score (nSPS) is 14.8. The lowest BCUT2D eigenvalue weighted by molar-refractivity contribution is -0.114. The SMILES string of the molecule is Cc1ccccc1CN1C(=O)C(=Cc2ccc(C(=O)NCc3ccc4c(c3)OCO4)cc2)Sc2ccccc21. The molecule has 4 aromatic rings. The summed E-state index contributed by atoms with van der Waals surface area (Å²) >= 11 is 1.47. The number of aryl methyl sites for hydroxylation is 1. The molecule has 0 bridgehead atoms. The number of rotatable bonds is 6. The first-order valence-corrected chi connectivity index (χ1v) is 13.5. The zero-order chi connectivity index (χ0) is 26.8. The molecule has 0 unspecified atom stereocenters. The second kappa shape index (κ2) is 10.7. The van der Waals surface area contributed by atoms with Crippen LogP contribution in [0.5, 0.6) is 11.5 Å². The molecule has 0 atom stereocenters. The number of anilines is 1. The topological polar surface area (TPSA) is 67.9 Å². The summed E-state index contributed by atoms with van der Waals surface area (Å²) in [6.07, 6.45) is 1.89. The Labute approximate surface area is 231 Å². The maximum atomic E-state index is 13.6. The number of carbonyl (C=O) groups is 2. The third-order valence-electron chi connectivity index (χ3n) is 6.78. The van der Waals surface area contributed by atoms with Crippen molar-refractivity contribution in [3.05, 3.63) is 124 Å². The van der Waals surface area contributed by atoms with Gasteiger partial charge in [-0.05, 0) is 71.7 Å². The van der Waals surface area contributed by atoms with Gasteiger partial charge in [-0.3, -0.25) is 9.59 Å². The fourth-order valence-corrected chi connectivity index (χ4v) is 5.65. The molecular formula is C32H26N2O4S. The molecule has 6 nitrogen and oxygen atoms in total. The van der Waals surface area contributed by atoms with Crippen molar-refractivity contribution in [1.29, 1.82) is 0 Å². The molecule has 2 aliphatic heterocycles. The van der Waals surface area contributed by atoms with Crippen molar-refractivity contribution in [3.8, 4) is 11.5 Å². The third-order valence-corrected chi connectivity index (χ3v) is 7.86. The predicted molar refractivity (Wildman–Crippen MR) is 153 cm³/mol.